The standard InChI is InChI=1S/C18H16Br2N2O3/c1-3-8-25-17-15(20)9-12(10-16(17)24-2)11-21-22-18(23)13-6-4-5-7-14(13)19/h3-7,9-11H,1,8H2,2H3,(H,22,23)/b21-11-. The molecule has 0 fully saturated rings. The fourth-order valence-corrected chi connectivity index (χ4v) is 3.01. The van der Waals surface area contributed by atoms with Gasteiger partial charge in [-0.1, -0.05) is 24.8 Å². The summed E-state index contributed by atoms with van der Waals surface area (Å²) >= 11 is 6.78. The Bertz CT molecular complexity index is 807. The molecule has 0 heterocycles. The average Bonchev–Trinajstić information content (AvgIpc) is 2.60. The van der Waals surface area contributed by atoms with Crippen LogP contribution < -0.4 is 14.9 Å². The smallest absolute Gasteiger partial charge is 0.272 e. The molecule has 0 unspecified atom stereocenters. The zero-order valence-electron chi connectivity index (χ0n) is 13.5. The first-order valence-corrected chi connectivity index (χ1v) is 8.84. The molecule has 0 atom stereocenters. The van der Waals surface area contributed by atoms with Gasteiger partial charge in [-0.25, -0.2) is 5.43 Å². The monoisotopic (exact) mass is 466 g/mol. The topological polar surface area (TPSA) is 59.9 Å². The Labute approximate surface area is 163 Å². The van der Waals surface area contributed by atoms with Crippen LogP contribution in [0.3, 0.4) is 0 Å². The average molecular weight is 468 g/mol. The number of benzene rings is 2. The first kappa shape index (κ1) is 19.2. The summed E-state index contributed by atoms with van der Waals surface area (Å²) in [7, 11) is 1.55. The Balaban J connectivity index is 2.13. The van der Waals surface area contributed by atoms with E-state index in [0.29, 0.717) is 32.6 Å². The van der Waals surface area contributed by atoms with Crippen molar-refractivity contribution in [3.63, 3.8) is 0 Å². The van der Waals surface area contributed by atoms with Crippen molar-refractivity contribution in [1.29, 1.82) is 0 Å². The Kier molecular flexibility index (Phi) is 7.21. The molecule has 25 heavy (non-hydrogen) atoms. The molecule has 2 rings (SSSR count). The third-order valence-corrected chi connectivity index (χ3v) is 4.38. The molecule has 0 aliphatic heterocycles. The lowest BCUT2D eigenvalue weighted by molar-refractivity contribution is 0.0954. The molecule has 1 N–H and O–H groups in total. The van der Waals surface area contributed by atoms with Gasteiger partial charge in [0.05, 0.1) is 23.4 Å². The highest BCUT2D eigenvalue weighted by atomic mass is 79.9. The summed E-state index contributed by atoms with van der Waals surface area (Å²) < 4.78 is 12.3. The van der Waals surface area contributed by atoms with Crippen molar-refractivity contribution in [3.8, 4) is 11.5 Å². The number of hydrogen-bond donors (Lipinski definition) is 1. The summed E-state index contributed by atoms with van der Waals surface area (Å²) in [5.41, 5.74) is 3.74. The molecule has 130 valence electrons. The van der Waals surface area contributed by atoms with Crippen LogP contribution in [0, 0.1) is 0 Å². The minimum absolute atomic E-state index is 0.305. The van der Waals surface area contributed by atoms with Crippen molar-refractivity contribution in [2.45, 2.75) is 0 Å². The Morgan fingerprint density at radius 2 is 2.04 bits per heavy atom. The molecule has 0 spiro atoms. The molecule has 0 bridgehead atoms. The molecule has 0 aliphatic rings. The molecule has 0 saturated carbocycles. The van der Waals surface area contributed by atoms with Crippen molar-refractivity contribution in [3.05, 3.63) is 69.1 Å². The summed E-state index contributed by atoms with van der Waals surface area (Å²) in [4.78, 5) is 12.1. The van der Waals surface area contributed by atoms with E-state index in [1.165, 1.54) is 6.21 Å². The van der Waals surface area contributed by atoms with Crippen molar-refractivity contribution >= 4 is 44.0 Å². The maximum absolute atomic E-state index is 12.1. The highest BCUT2D eigenvalue weighted by Crippen LogP contribution is 2.36. The van der Waals surface area contributed by atoms with Crippen LogP contribution in [-0.4, -0.2) is 25.8 Å². The van der Waals surface area contributed by atoms with Crippen LogP contribution in [-0.2, 0) is 0 Å². The van der Waals surface area contributed by atoms with E-state index in [2.05, 4.69) is 49.0 Å². The number of nitrogens with one attached hydrogen (secondary N) is 1. The Hall–Kier alpha value is -2.12. The lowest BCUT2D eigenvalue weighted by Crippen LogP contribution is -2.18. The van der Waals surface area contributed by atoms with E-state index in [-0.39, 0.29) is 5.91 Å². The lowest BCUT2D eigenvalue weighted by atomic mass is 10.2. The molecule has 2 aromatic carbocycles. The van der Waals surface area contributed by atoms with Gasteiger partial charge in [-0.3, -0.25) is 4.79 Å². The van der Waals surface area contributed by atoms with Gasteiger partial charge in [-0.05, 0) is 61.7 Å². The lowest BCUT2D eigenvalue weighted by Gasteiger charge is -2.12. The first-order chi connectivity index (χ1) is 12.1. The molecule has 2 aromatic rings. The van der Waals surface area contributed by atoms with Gasteiger partial charge in [0.15, 0.2) is 11.5 Å². The van der Waals surface area contributed by atoms with E-state index in [4.69, 9.17) is 9.47 Å². The van der Waals surface area contributed by atoms with Crippen LogP contribution in [0.1, 0.15) is 15.9 Å². The van der Waals surface area contributed by atoms with Crippen LogP contribution >= 0.6 is 31.9 Å². The van der Waals surface area contributed by atoms with Gasteiger partial charge < -0.3 is 9.47 Å². The molecular formula is C18H16Br2N2O3. The molecule has 5 nitrogen and oxygen atoms in total. The van der Waals surface area contributed by atoms with E-state index in [1.807, 2.05) is 12.1 Å². The molecule has 0 radical (unpaired) electrons. The number of ether oxygens (including phenoxy) is 2. The summed E-state index contributed by atoms with van der Waals surface area (Å²) in [6, 6.07) is 10.7. The number of rotatable bonds is 7. The largest absolute Gasteiger partial charge is 0.493 e. The minimum Gasteiger partial charge on any atom is -0.493 e. The number of carbonyl (C=O) groups excluding carboxylic acids is 1. The number of methoxy groups -OCH3 is 1. The zero-order valence-corrected chi connectivity index (χ0v) is 16.6. The fraction of sp³-hybridized carbons (Fsp3) is 0.111. The second kappa shape index (κ2) is 9.39. The molecular weight excluding hydrogens is 452 g/mol. The molecule has 0 aliphatic carbocycles. The zero-order chi connectivity index (χ0) is 18.2. The van der Waals surface area contributed by atoms with E-state index in [1.54, 1.807) is 37.5 Å². The van der Waals surface area contributed by atoms with Gasteiger partial charge in [-0.2, -0.15) is 5.10 Å². The van der Waals surface area contributed by atoms with Gasteiger partial charge in [0.25, 0.3) is 5.91 Å². The number of halogens is 2. The quantitative estimate of drug-likeness (QED) is 0.369. The number of hydrazone groups is 1. The second-order valence-electron chi connectivity index (χ2n) is 4.81. The third-order valence-electron chi connectivity index (χ3n) is 3.10. The highest BCUT2D eigenvalue weighted by molar-refractivity contribution is 9.10. The van der Waals surface area contributed by atoms with Crippen molar-refractivity contribution in [2.24, 2.45) is 5.10 Å². The second-order valence-corrected chi connectivity index (χ2v) is 6.52. The summed E-state index contributed by atoms with van der Waals surface area (Å²) in [5, 5.41) is 3.99. The maximum Gasteiger partial charge on any atom is 0.272 e. The number of nitrogens with zero attached hydrogens (tertiary/aromatic N) is 1. The van der Waals surface area contributed by atoms with Crippen LogP contribution in [0.15, 0.2) is 63.1 Å². The number of amides is 1. The van der Waals surface area contributed by atoms with Gasteiger partial charge >= 0.3 is 0 Å². The molecule has 0 aromatic heterocycles. The predicted molar refractivity (Wildman–Crippen MR) is 106 cm³/mol. The minimum atomic E-state index is -0.305. The molecule has 7 heteroatoms. The predicted octanol–water partition coefficient (Wildman–Crippen LogP) is 4.55. The van der Waals surface area contributed by atoms with Gasteiger partial charge in [0.1, 0.15) is 6.61 Å². The van der Waals surface area contributed by atoms with E-state index in [9.17, 15) is 4.79 Å². The normalized spacial score (nSPS) is 10.5. The summed E-state index contributed by atoms with van der Waals surface area (Å²) in [5.74, 6) is 0.826. The summed E-state index contributed by atoms with van der Waals surface area (Å²) in [6.07, 6.45) is 3.18. The van der Waals surface area contributed by atoms with E-state index in [0.717, 1.165) is 5.56 Å². The highest BCUT2D eigenvalue weighted by Gasteiger charge is 2.11. The Morgan fingerprint density at radius 1 is 1.28 bits per heavy atom. The third kappa shape index (κ3) is 5.17. The van der Waals surface area contributed by atoms with Gasteiger partial charge in [0.2, 0.25) is 0 Å². The van der Waals surface area contributed by atoms with Gasteiger partial charge in [-0.15, -0.1) is 0 Å². The van der Waals surface area contributed by atoms with E-state index >= 15 is 0 Å². The number of hydrogen-bond acceptors (Lipinski definition) is 4. The van der Waals surface area contributed by atoms with Crippen LogP contribution in [0.25, 0.3) is 0 Å². The maximum atomic E-state index is 12.1. The van der Waals surface area contributed by atoms with E-state index < -0.39 is 0 Å². The van der Waals surface area contributed by atoms with Gasteiger partial charge in [0, 0.05) is 4.47 Å². The van der Waals surface area contributed by atoms with Crippen molar-refractivity contribution < 1.29 is 14.3 Å². The fourth-order valence-electron chi connectivity index (χ4n) is 1.97. The first-order valence-electron chi connectivity index (χ1n) is 7.26. The molecule has 0 saturated heterocycles. The Morgan fingerprint density at radius 3 is 2.72 bits per heavy atom. The van der Waals surface area contributed by atoms with Crippen LogP contribution in [0.4, 0.5) is 0 Å². The summed E-state index contributed by atoms with van der Waals surface area (Å²) in [6.45, 7) is 3.99. The number of carbonyl (C=O) groups is 1. The van der Waals surface area contributed by atoms with Crippen LogP contribution in [0.5, 0.6) is 11.5 Å². The molecule has 1 amide bonds. The SMILES string of the molecule is C=CCOc1c(Br)cc(/C=N\NC(=O)c2ccccc2Br)cc1OC. The van der Waals surface area contributed by atoms with Crippen molar-refractivity contribution in [1.82, 2.24) is 5.43 Å². The van der Waals surface area contributed by atoms with Crippen molar-refractivity contribution in [2.75, 3.05) is 13.7 Å². The van der Waals surface area contributed by atoms with Crippen LogP contribution in [0.2, 0.25) is 0 Å².